The van der Waals surface area contributed by atoms with Crippen LogP contribution < -0.4 is 0 Å². The number of cyclic esters (lactones) is 2. The Kier molecular flexibility index (Phi) is 3.27. The number of rotatable bonds is 3. The molecule has 0 N–H and O–H groups in total. The molecule has 1 fully saturated rings. The molecule has 0 amide bonds. The molecule has 3 nitrogen and oxygen atoms in total. The van der Waals surface area contributed by atoms with Crippen molar-refractivity contribution in [2.75, 3.05) is 0 Å². The van der Waals surface area contributed by atoms with Crippen LogP contribution in [-0.4, -0.2) is 11.9 Å². The molecule has 90 valence electrons. The minimum absolute atomic E-state index is 0.252. The summed E-state index contributed by atoms with van der Waals surface area (Å²) in [7, 11) is 0. The van der Waals surface area contributed by atoms with Crippen LogP contribution in [0.1, 0.15) is 31.7 Å². The van der Waals surface area contributed by atoms with Crippen LogP contribution in [0, 0.1) is 11.8 Å². The number of hydrogen-bond acceptors (Lipinski definition) is 3. The topological polar surface area (TPSA) is 43.4 Å². The molecule has 0 aliphatic carbocycles. The molecule has 1 aliphatic heterocycles. The monoisotopic (exact) mass is 232 g/mol. The summed E-state index contributed by atoms with van der Waals surface area (Å²) < 4.78 is 4.64. The second-order valence-electron chi connectivity index (χ2n) is 4.68. The van der Waals surface area contributed by atoms with Crippen molar-refractivity contribution in [1.29, 1.82) is 0 Å². The van der Waals surface area contributed by atoms with Gasteiger partial charge in [-0.25, -0.2) is 0 Å². The van der Waals surface area contributed by atoms with Gasteiger partial charge >= 0.3 is 11.9 Å². The Labute approximate surface area is 101 Å². The lowest BCUT2D eigenvalue weighted by molar-refractivity contribution is -0.153. The first-order valence-electron chi connectivity index (χ1n) is 5.90. The second kappa shape index (κ2) is 4.70. The lowest BCUT2D eigenvalue weighted by Gasteiger charge is -2.16. The highest BCUT2D eigenvalue weighted by molar-refractivity contribution is 5.96. The fourth-order valence-corrected chi connectivity index (χ4v) is 2.24. The molecule has 0 saturated carbocycles. The molecule has 1 aliphatic rings. The van der Waals surface area contributed by atoms with Crippen LogP contribution in [0.25, 0.3) is 0 Å². The largest absolute Gasteiger partial charge is 0.393 e. The summed E-state index contributed by atoms with van der Waals surface area (Å²) in [4.78, 5) is 22.8. The highest BCUT2D eigenvalue weighted by Crippen LogP contribution is 2.32. The summed E-state index contributed by atoms with van der Waals surface area (Å²) >= 11 is 0. The fourth-order valence-electron chi connectivity index (χ4n) is 2.24. The van der Waals surface area contributed by atoms with Crippen LogP contribution >= 0.6 is 0 Å². The van der Waals surface area contributed by atoms with Gasteiger partial charge in [-0.05, 0) is 17.9 Å². The van der Waals surface area contributed by atoms with Gasteiger partial charge in [-0.3, -0.25) is 9.59 Å². The van der Waals surface area contributed by atoms with Crippen LogP contribution in [0.3, 0.4) is 0 Å². The molecule has 2 rings (SSSR count). The Morgan fingerprint density at radius 3 is 2.35 bits per heavy atom. The highest BCUT2D eigenvalue weighted by atomic mass is 16.6. The van der Waals surface area contributed by atoms with Crippen LogP contribution in [0.15, 0.2) is 30.3 Å². The van der Waals surface area contributed by atoms with E-state index in [1.165, 1.54) is 5.56 Å². The molecular formula is C14H16O3. The van der Waals surface area contributed by atoms with Gasteiger partial charge in [-0.15, -0.1) is 0 Å². The standard InChI is InChI=1S/C14H16O3/c1-9(11-6-4-3-5-7-11)8-12-10(2)13(15)17-14(12)16/h3-7,9-10,12H,8H2,1-2H3/t9-,10+,12-/m1/s1. The van der Waals surface area contributed by atoms with E-state index < -0.39 is 0 Å². The predicted octanol–water partition coefficient (Wildman–Crippen LogP) is 2.52. The first kappa shape index (κ1) is 11.8. The maximum absolute atomic E-state index is 11.5. The summed E-state index contributed by atoms with van der Waals surface area (Å²) in [6, 6.07) is 10.0. The summed E-state index contributed by atoms with van der Waals surface area (Å²) in [5.41, 5.74) is 1.19. The molecule has 1 aromatic carbocycles. The third kappa shape index (κ3) is 2.38. The Morgan fingerprint density at radius 2 is 1.82 bits per heavy atom. The van der Waals surface area contributed by atoms with Crippen molar-refractivity contribution < 1.29 is 14.3 Å². The first-order valence-corrected chi connectivity index (χ1v) is 5.90. The number of hydrogen-bond donors (Lipinski definition) is 0. The number of esters is 2. The minimum Gasteiger partial charge on any atom is -0.393 e. The highest BCUT2D eigenvalue weighted by Gasteiger charge is 2.41. The van der Waals surface area contributed by atoms with Crippen molar-refractivity contribution in [2.24, 2.45) is 11.8 Å². The van der Waals surface area contributed by atoms with Crippen molar-refractivity contribution in [1.82, 2.24) is 0 Å². The predicted molar refractivity (Wildman–Crippen MR) is 63.2 cm³/mol. The first-order chi connectivity index (χ1) is 8.09. The van der Waals surface area contributed by atoms with Crippen LogP contribution in [0.5, 0.6) is 0 Å². The molecule has 0 bridgehead atoms. The number of carbonyl (C=O) groups excluding carboxylic acids is 2. The summed E-state index contributed by atoms with van der Waals surface area (Å²) in [5, 5.41) is 0. The smallest absolute Gasteiger partial charge is 0.317 e. The van der Waals surface area contributed by atoms with Gasteiger partial charge in [0.15, 0.2) is 0 Å². The zero-order valence-corrected chi connectivity index (χ0v) is 10.1. The van der Waals surface area contributed by atoms with Gasteiger partial charge in [0, 0.05) is 0 Å². The molecule has 0 radical (unpaired) electrons. The number of ether oxygens (including phenoxy) is 1. The van der Waals surface area contributed by atoms with Gasteiger partial charge in [0.1, 0.15) is 0 Å². The van der Waals surface area contributed by atoms with Crippen molar-refractivity contribution in [3.63, 3.8) is 0 Å². The molecule has 1 heterocycles. The average molecular weight is 232 g/mol. The van der Waals surface area contributed by atoms with E-state index in [2.05, 4.69) is 11.7 Å². The number of carbonyl (C=O) groups is 2. The van der Waals surface area contributed by atoms with E-state index >= 15 is 0 Å². The lowest BCUT2D eigenvalue weighted by Crippen LogP contribution is -2.17. The van der Waals surface area contributed by atoms with E-state index in [-0.39, 0.29) is 29.7 Å². The molecule has 0 spiro atoms. The van der Waals surface area contributed by atoms with Gasteiger partial charge in [-0.2, -0.15) is 0 Å². The molecular weight excluding hydrogens is 216 g/mol. The Morgan fingerprint density at radius 1 is 1.18 bits per heavy atom. The van der Waals surface area contributed by atoms with Gasteiger partial charge in [0.2, 0.25) is 0 Å². The normalized spacial score (nSPS) is 25.8. The third-order valence-corrected chi connectivity index (χ3v) is 3.46. The molecule has 0 aromatic heterocycles. The Balaban J connectivity index is 2.07. The molecule has 17 heavy (non-hydrogen) atoms. The van der Waals surface area contributed by atoms with E-state index in [1.807, 2.05) is 30.3 Å². The van der Waals surface area contributed by atoms with E-state index in [9.17, 15) is 9.59 Å². The molecule has 3 heteroatoms. The average Bonchev–Trinajstić information content (AvgIpc) is 2.57. The SMILES string of the molecule is C[C@H](C[C@H]1C(=O)OC(=O)[C@H]1C)c1ccccc1. The molecule has 0 unspecified atom stereocenters. The Bertz CT molecular complexity index is 424. The van der Waals surface area contributed by atoms with Gasteiger partial charge in [0.25, 0.3) is 0 Å². The maximum atomic E-state index is 11.5. The van der Waals surface area contributed by atoms with E-state index in [4.69, 9.17) is 0 Å². The lowest BCUT2D eigenvalue weighted by atomic mass is 9.85. The van der Waals surface area contributed by atoms with E-state index in [1.54, 1.807) is 6.92 Å². The molecule has 1 aromatic rings. The summed E-state index contributed by atoms with van der Waals surface area (Å²) in [6.45, 7) is 3.83. The fraction of sp³-hybridized carbons (Fsp3) is 0.429. The van der Waals surface area contributed by atoms with Crippen molar-refractivity contribution in [3.8, 4) is 0 Å². The maximum Gasteiger partial charge on any atom is 0.317 e. The van der Waals surface area contributed by atoms with Gasteiger partial charge < -0.3 is 4.74 Å². The molecule has 3 atom stereocenters. The quantitative estimate of drug-likeness (QED) is 0.594. The van der Waals surface area contributed by atoms with Gasteiger partial charge in [-0.1, -0.05) is 44.2 Å². The van der Waals surface area contributed by atoms with Crippen molar-refractivity contribution in [2.45, 2.75) is 26.2 Å². The molecule has 1 saturated heterocycles. The minimum atomic E-state index is -0.389. The van der Waals surface area contributed by atoms with Crippen LogP contribution in [0.2, 0.25) is 0 Å². The summed E-state index contributed by atoms with van der Waals surface area (Å²) in [5.74, 6) is -1.11. The Hall–Kier alpha value is -1.64. The number of benzene rings is 1. The van der Waals surface area contributed by atoms with Crippen molar-refractivity contribution >= 4 is 11.9 Å². The third-order valence-electron chi connectivity index (χ3n) is 3.46. The van der Waals surface area contributed by atoms with Crippen LogP contribution in [-0.2, 0) is 14.3 Å². The zero-order chi connectivity index (χ0) is 12.4. The van der Waals surface area contributed by atoms with E-state index in [0.29, 0.717) is 6.42 Å². The zero-order valence-electron chi connectivity index (χ0n) is 10.1. The van der Waals surface area contributed by atoms with Crippen molar-refractivity contribution in [3.05, 3.63) is 35.9 Å². The van der Waals surface area contributed by atoms with E-state index in [0.717, 1.165) is 0 Å². The van der Waals surface area contributed by atoms with Crippen LogP contribution in [0.4, 0.5) is 0 Å². The second-order valence-corrected chi connectivity index (χ2v) is 4.68. The summed E-state index contributed by atoms with van der Waals surface area (Å²) in [6.07, 6.45) is 0.662. The van der Waals surface area contributed by atoms with Gasteiger partial charge in [0.05, 0.1) is 11.8 Å².